The fraction of sp³-hybridized carbons (Fsp3) is 0. The summed E-state index contributed by atoms with van der Waals surface area (Å²) in [5.74, 6) is 0. The first-order valence-corrected chi connectivity index (χ1v) is 6.01. The van der Waals surface area contributed by atoms with Gasteiger partial charge in [-0.25, -0.2) is 9.97 Å². The van der Waals surface area contributed by atoms with Gasteiger partial charge in [0, 0.05) is 6.07 Å². The van der Waals surface area contributed by atoms with E-state index in [1.807, 2.05) is 18.2 Å². The molecule has 4 aromatic rings. The number of rotatable bonds is 0. The van der Waals surface area contributed by atoms with E-state index >= 15 is 0 Å². The van der Waals surface area contributed by atoms with Crippen LogP contribution in [0.1, 0.15) is 0 Å². The normalized spacial score (nSPS) is 10.7. The smallest absolute Gasteiger partial charge is 0.237 e. The Morgan fingerprint density at radius 3 is 2.47 bits per heavy atom. The predicted octanol–water partition coefficient (Wildman–Crippen LogP) is 0.359. The van der Waals surface area contributed by atoms with Crippen LogP contribution in [0.5, 0.6) is 0 Å². The SMILES string of the molecule is [Cl-].c1ccc2c(c1)ccc1nc3ccccc3[nH+]c12. The van der Waals surface area contributed by atoms with Crippen LogP contribution in [-0.4, -0.2) is 4.98 Å². The van der Waals surface area contributed by atoms with Crippen LogP contribution in [-0.2, 0) is 0 Å². The maximum absolute atomic E-state index is 4.70. The van der Waals surface area contributed by atoms with Gasteiger partial charge in [-0.05, 0) is 23.6 Å². The van der Waals surface area contributed by atoms with Crippen LogP contribution in [0.25, 0.3) is 32.8 Å². The van der Waals surface area contributed by atoms with Gasteiger partial charge in [-0.2, -0.15) is 0 Å². The summed E-state index contributed by atoms with van der Waals surface area (Å²) < 4.78 is 0. The van der Waals surface area contributed by atoms with E-state index in [0.717, 1.165) is 22.1 Å². The van der Waals surface area contributed by atoms with E-state index in [1.54, 1.807) is 0 Å². The van der Waals surface area contributed by atoms with Gasteiger partial charge in [-0.1, -0.05) is 36.4 Å². The zero-order valence-corrected chi connectivity index (χ0v) is 10.9. The van der Waals surface area contributed by atoms with Crippen molar-refractivity contribution in [1.29, 1.82) is 0 Å². The van der Waals surface area contributed by atoms with Crippen molar-refractivity contribution >= 4 is 32.8 Å². The van der Waals surface area contributed by atoms with Gasteiger partial charge in [0.1, 0.15) is 11.0 Å². The molecule has 92 valence electrons. The Kier molecular flexibility index (Phi) is 2.80. The fourth-order valence-electron chi connectivity index (χ4n) is 2.43. The zero-order chi connectivity index (χ0) is 11.9. The molecule has 3 heteroatoms. The van der Waals surface area contributed by atoms with E-state index in [0.29, 0.717) is 0 Å². The van der Waals surface area contributed by atoms with E-state index in [1.165, 1.54) is 10.8 Å². The number of para-hydroxylation sites is 2. The molecule has 3 aromatic carbocycles. The van der Waals surface area contributed by atoms with E-state index in [4.69, 9.17) is 4.98 Å². The Bertz CT molecular complexity index is 881. The minimum Gasteiger partial charge on any atom is -1.00 e. The molecular weight excluding hydrogens is 256 g/mol. The fourth-order valence-corrected chi connectivity index (χ4v) is 2.43. The number of nitrogens with one attached hydrogen (secondary N) is 1. The molecule has 0 unspecified atom stereocenters. The number of aromatic nitrogens is 2. The first-order valence-electron chi connectivity index (χ1n) is 6.01. The van der Waals surface area contributed by atoms with Crippen LogP contribution in [0, 0.1) is 0 Å². The molecule has 4 rings (SSSR count). The van der Waals surface area contributed by atoms with Gasteiger partial charge in [0.15, 0.2) is 0 Å². The van der Waals surface area contributed by atoms with Crippen LogP contribution in [0.15, 0.2) is 60.7 Å². The van der Waals surface area contributed by atoms with Gasteiger partial charge in [0.2, 0.25) is 11.0 Å². The van der Waals surface area contributed by atoms with Crippen molar-refractivity contribution in [3.63, 3.8) is 0 Å². The first-order chi connectivity index (χ1) is 8.92. The number of hydrogen-bond donors (Lipinski definition) is 0. The summed E-state index contributed by atoms with van der Waals surface area (Å²) in [7, 11) is 0. The van der Waals surface area contributed by atoms with Crippen molar-refractivity contribution in [1.82, 2.24) is 4.98 Å². The van der Waals surface area contributed by atoms with Crippen molar-refractivity contribution in [2.45, 2.75) is 0 Å². The third kappa shape index (κ3) is 1.81. The number of aromatic amines is 1. The monoisotopic (exact) mass is 266 g/mol. The maximum Gasteiger partial charge on any atom is 0.237 e. The lowest BCUT2D eigenvalue weighted by Crippen LogP contribution is -3.00. The van der Waals surface area contributed by atoms with Crippen LogP contribution in [0.2, 0.25) is 0 Å². The molecular formula is C16H11ClN2. The number of benzene rings is 3. The Morgan fingerprint density at radius 2 is 1.53 bits per heavy atom. The number of hydrogen-bond acceptors (Lipinski definition) is 1. The number of nitrogens with zero attached hydrogens (tertiary/aromatic N) is 1. The van der Waals surface area contributed by atoms with Crippen LogP contribution in [0.3, 0.4) is 0 Å². The first kappa shape index (κ1) is 11.9. The molecule has 0 aliphatic heterocycles. The quantitative estimate of drug-likeness (QED) is 0.334. The molecule has 0 aliphatic rings. The summed E-state index contributed by atoms with van der Waals surface area (Å²) in [6.45, 7) is 0. The standard InChI is InChI=1S/C16H10N2.ClH/c1-2-6-12-11(5-1)9-10-15-16(12)18-14-8-4-3-7-13(14)17-15;/h1-10H;1H. The average molecular weight is 267 g/mol. The summed E-state index contributed by atoms with van der Waals surface area (Å²) >= 11 is 0. The summed E-state index contributed by atoms with van der Waals surface area (Å²) in [4.78, 5) is 8.19. The minimum absolute atomic E-state index is 0. The van der Waals surface area contributed by atoms with Gasteiger partial charge in [-0.15, -0.1) is 0 Å². The van der Waals surface area contributed by atoms with Crippen molar-refractivity contribution in [2.24, 2.45) is 0 Å². The molecule has 1 N–H and O–H groups in total. The Labute approximate surface area is 116 Å². The second-order valence-electron chi connectivity index (χ2n) is 4.43. The van der Waals surface area contributed by atoms with Gasteiger partial charge >= 0.3 is 0 Å². The van der Waals surface area contributed by atoms with Crippen LogP contribution in [0.4, 0.5) is 0 Å². The molecule has 19 heavy (non-hydrogen) atoms. The number of fused-ring (bicyclic) bond motifs is 4. The Hall–Kier alpha value is -2.19. The zero-order valence-electron chi connectivity index (χ0n) is 10.1. The largest absolute Gasteiger partial charge is 1.00 e. The second-order valence-corrected chi connectivity index (χ2v) is 4.43. The highest BCUT2D eigenvalue weighted by molar-refractivity contribution is 6.03. The lowest BCUT2D eigenvalue weighted by Gasteiger charge is -1.99. The van der Waals surface area contributed by atoms with Crippen molar-refractivity contribution < 1.29 is 17.4 Å². The summed E-state index contributed by atoms with van der Waals surface area (Å²) in [6, 6.07) is 20.7. The molecule has 1 aromatic heterocycles. The molecule has 0 saturated carbocycles. The number of halogens is 1. The Balaban J connectivity index is 0.00000110. The molecule has 0 amide bonds. The summed E-state index contributed by atoms with van der Waals surface area (Å²) in [6.07, 6.45) is 0. The lowest BCUT2D eigenvalue weighted by molar-refractivity contribution is -0.309. The van der Waals surface area contributed by atoms with Crippen LogP contribution < -0.4 is 17.4 Å². The van der Waals surface area contributed by atoms with E-state index in [9.17, 15) is 0 Å². The summed E-state index contributed by atoms with van der Waals surface area (Å²) in [5, 5.41) is 2.45. The number of H-pyrrole nitrogens is 1. The highest BCUT2D eigenvalue weighted by atomic mass is 35.5. The van der Waals surface area contributed by atoms with Crippen LogP contribution >= 0.6 is 0 Å². The maximum atomic E-state index is 4.70. The molecule has 0 saturated heterocycles. The lowest BCUT2D eigenvalue weighted by atomic mass is 10.1. The van der Waals surface area contributed by atoms with Crippen molar-refractivity contribution in [2.75, 3.05) is 0 Å². The molecule has 0 radical (unpaired) electrons. The molecule has 1 heterocycles. The molecule has 0 bridgehead atoms. The topological polar surface area (TPSA) is 27.0 Å². The Morgan fingerprint density at radius 1 is 0.737 bits per heavy atom. The van der Waals surface area contributed by atoms with Gasteiger partial charge in [0.05, 0.1) is 5.39 Å². The molecule has 0 fully saturated rings. The van der Waals surface area contributed by atoms with Crippen molar-refractivity contribution in [3.05, 3.63) is 60.7 Å². The summed E-state index contributed by atoms with van der Waals surface area (Å²) in [5.41, 5.74) is 4.18. The average Bonchev–Trinajstić information content (AvgIpc) is 2.45. The molecule has 2 nitrogen and oxygen atoms in total. The van der Waals surface area contributed by atoms with E-state index in [-0.39, 0.29) is 12.4 Å². The molecule has 0 aliphatic carbocycles. The van der Waals surface area contributed by atoms with E-state index in [2.05, 4.69) is 47.4 Å². The van der Waals surface area contributed by atoms with Gasteiger partial charge in [0.25, 0.3) is 0 Å². The molecule has 0 atom stereocenters. The second kappa shape index (κ2) is 4.48. The minimum atomic E-state index is 0. The highest BCUT2D eigenvalue weighted by Crippen LogP contribution is 2.21. The third-order valence-electron chi connectivity index (χ3n) is 3.31. The predicted molar refractivity (Wildman–Crippen MR) is 73.3 cm³/mol. The highest BCUT2D eigenvalue weighted by Gasteiger charge is 2.10. The molecule has 0 spiro atoms. The van der Waals surface area contributed by atoms with Crippen molar-refractivity contribution in [3.8, 4) is 0 Å². The van der Waals surface area contributed by atoms with E-state index < -0.39 is 0 Å². The van der Waals surface area contributed by atoms with Gasteiger partial charge in [-0.3, -0.25) is 0 Å². The van der Waals surface area contributed by atoms with Gasteiger partial charge < -0.3 is 12.4 Å². The third-order valence-corrected chi connectivity index (χ3v) is 3.31.